The molecule has 0 N–H and O–H groups in total. The molecule has 17 heavy (non-hydrogen) atoms. The molecule has 0 fully saturated rings. The first-order valence-electron chi connectivity index (χ1n) is 5.50. The first-order chi connectivity index (χ1) is 8.33. The molecule has 3 aromatic rings. The van der Waals surface area contributed by atoms with Crippen LogP contribution in [0.5, 0.6) is 0 Å². The SMILES string of the molecule is Cc1nc(Cc2cncnc2)cn2cccc12. The summed E-state index contributed by atoms with van der Waals surface area (Å²) in [5, 5.41) is 0. The first-order valence-corrected chi connectivity index (χ1v) is 5.50. The minimum Gasteiger partial charge on any atom is -0.320 e. The molecule has 4 nitrogen and oxygen atoms in total. The minimum absolute atomic E-state index is 0.760. The Bertz CT molecular complexity index is 643. The lowest BCUT2D eigenvalue weighted by Gasteiger charge is -2.04. The number of aryl methyl sites for hydroxylation is 1. The van der Waals surface area contributed by atoms with Crippen LogP contribution in [0, 0.1) is 6.92 Å². The number of aromatic nitrogens is 4. The molecular weight excluding hydrogens is 212 g/mol. The highest BCUT2D eigenvalue weighted by Gasteiger charge is 2.03. The van der Waals surface area contributed by atoms with E-state index in [9.17, 15) is 0 Å². The molecular formula is C13H12N4. The van der Waals surface area contributed by atoms with Crippen LogP contribution in [0.4, 0.5) is 0 Å². The summed E-state index contributed by atoms with van der Waals surface area (Å²) in [6.45, 7) is 2.03. The maximum atomic E-state index is 4.59. The second-order valence-corrected chi connectivity index (χ2v) is 4.04. The quantitative estimate of drug-likeness (QED) is 0.669. The maximum absolute atomic E-state index is 4.59. The summed E-state index contributed by atoms with van der Waals surface area (Å²) >= 11 is 0. The van der Waals surface area contributed by atoms with Crippen LogP contribution in [0.1, 0.15) is 17.0 Å². The average molecular weight is 224 g/mol. The van der Waals surface area contributed by atoms with Gasteiger partial charge >= 0.3 is 0 Å². The predicted octanol–water partition coefficient (Wildman–Crippen LogP) is 2.02. The zero-order chi connectivity index (χ0) is 11.7. The lowest BCUT2D eigenvalue weighted by molar-refractivity contribution is 0.965. The van der Waals surface area contributed by atoms with Gasteiger partial charge in [-0.15, -0.1) is 0 Å². The highest BCUT2D eigenvalue weighted by molar-refractivity contribution is 5.51. The highest BCUT2D eigenvalue weighted by atomic mass is 14.9. The van der Waals surface area contributed by atoms with E-state index >= 15 is 0 Å². The second-order valence-electron chi connectivity index (χ2n) is 4.04. The van der Waals surface area contributed by atoms with E-state index in [4.69, 9.17) is 0 Å². The smallest absolute Gasteiger partial charge is 0.115 e. The Labute approximate surface area is 99.0 Å². The topological polar surface area (TPSA) is 43.1 Å². The van der Waals surface area contributed by atoms with Crippen molar-refractivity contribution >= 4 is 5.52 Å². The number of hydrogen-bond acceptors (Lipinski definition) is 3. The molecule has 3 aromatic heterocycles. The third kappa shape index (κ3) is 1.89. The Morgan fingerprint density at radius 1 is 1.24 bits per heavy atom. The number of hydrogen-bond donors (Lipinski definition) is 0. The van der Waals surface area contributed by atoms with Crippen LogP contribution in [0.2, 0.25) is 0 Å². The fourth-order valence-electron chi connectivity index (χ4n) is 1.99. The van der Waals surface area contributed by atoms with Crippen molar-refractivity contribution in [3.63, 3.8) is 0 Å². The molecule has 0 aliphatic heterocycles. The van der Waals surface area contributed by atoms with Crippen molar-refractivity contribution in [2.24, 2.45) is 0 Å². The largest absolute Gasteiger partial charge is 0.320 e. The fourth-order valence-corrected chi connectivity index (χ4v) is 1.99. The van der Waals surface area contributed by atoms with Crippen molar-refractivity contribution in [1.29, 1.82) is 0 Å². The Balaban J connectivity index is 2.01. The molecule has 0 amide bonds. The van der Waals surface area contributed by atoms with Crippen LogP contribution in [-0.4, -0.2) is 19.4 Å². The van der Waals surface area contributed by atoms with Crippen molar-refractivity contribution in [3.05, 3.63) is 60.2 Å². The summed E-state index contributed by atoms with van der Waals surface area (Å²) in [4.78, 5) is 12.6. The van der Waals surface area contributed by atoms with Crippen LogP contribution in [0.3, 0.4) is 0 Å². The van der Waals surface area contributed by atoms with Crippen LogP contribution < -0.4 is 0 Å². The van der Waals surface area contributed by atoms with Crippen molar-refractivity contribution in [2.45, 2.75) is 13.3 Å². The molecule has 0 spiro atoms. The van der Waals surface area contributed by atoms with E-state index < -0.39 is 0 Å². The van der Waals surface area contributed by atoms with Gasteiger partial charge in [-0.2, -0.15) is 0 Å². The van der Waals surface area contributed by atoms with Crippen LogP contribution >= 0.6 is 0 Å². The third-order valence-electron chi connectivity index (χ3n) is 2.75. The second kappa shape index (κ2) is 3.97. The van der Waals surface area contributed by atoms with Crippen LogP contribution in [-0.2, 0) is 6.42 Å². The molecule has 0 aromatic carbocycles. The molecule has 84 valence electrons. The van der Waals surface area contributed by atoms with Crippen molar-refractivity contribution in [3.8, 4) is 0 Å². The zero-order valence-electron chi connectivity index (χ0n) is 9.54. The average Bonchev–Trinajstić information content (AvgIpc) is 2.79. The van der Waals surface area contributed by atoms with E-state index in [-0.39, 0.29) is 0 Å². The Morgan fingerprint density at radius 2 is 2.06 bits per heavy atom. The monoisotopic (exact) mass is 224 g/mol. The van der Waals surface area contributed by atoms with Gasteiger partial charge in [0.2, 0.25) is 0 Å². The number of fused-ring (bicyclic) bond motifs is 1. The van der Waals surface area contributed by atoms with E-state index in [1.54, 1.807) is 0 Å². The molecule has 3 rings (SSSR count). The van der Waals surface area contributed by atoms with Gasteiger partial charge in [-0.25, -0.2) is 9.97 Å². The van der Waals surface area contributed by atoms with Gasteiger partial charge in [0.1, 0.15) is 6.33 Å². The molecule has 3 heterocycles. The lowest BCUT2D eigenvalue weighted by atomic mass is 10.2. The van der Waals surface area contributed by atoms with E-state index in [0.717, 1.165) is 28.9 Å². The Morgan fingerprint density at radius 3 is 2.88 bits per heavy atom. The van der Waals surface area contributed by atoms with Crippen LogP contribution in [0.25, 0.3) is 5.52 Å². The van der Waals surface area contributed by atoms with E-state index in [1.807, 2.05) is 31.6 Å². The van der Waals surface area contributed by atoms with Gasteiger partial charge in [0.25, 0.3) is 0 Å². The van der Waals surface area contributed by atoms with Gasteiger partial charge < -0.3 is 4.40 Å². The third-order valence-corrected chi connectivity index (χ3v) is 2.75. The molecule has 0 radical (unpaired) electrons. The van der Waals surface area contributed by atoms with Gasteiger partial charge in [-0.3, -0.25) is 4.98 Å². The standard InChI is InChI=1S/C13H12N4/c1-10-13-3-2-4-17(13)8-12(16-10)5-11-6-14-9-15-7-11/h2-4,6-9H,5H2,1H3. The summed E-state index contributed by atoms with van der Waals surface area (Å²) in [6, 6.07) is 4.09. The highest BCUT2D eigenvalue weighted by Crippen LogP contribution is 2.12. The van der Waals surface area contributed by atoms with Gasteiger partial charge in [-0.05, 0) is 24.6 Å². The minimum atomic E-state index is 0.760. The molecule has 0 saturated heterocycles. The zero-order valence-corrected chi connectivity index (χ0v) is 9.54. The maximum Gasteiger partial charge on any atom is 0.115 e. The summed E-state index contributed by atoms with van der Waals surface area (Å²) < 4.78 is 2.10. The van der Waals surface area contributed by atoms with Gasteiger partial charge in [0, 0.05) is 31.2 Å². The molecule has 0 aliphatic rings. The number of nitrogens with zero attached hydrogens (tertiary/aromatic N) is 4. The van der Waals surface area contributed by atoms with Crippen molar-refractivity contribution in [2.75, 3.05) is 0 Å². The van der Waals surface area contributed by atoms with Gasteiger partial charge in [-0.1, -0.05) is 0 Å². The van der Waals surface area contributed by atoms with E-state index in [2.05, 4.69) is 31.6 Å². The summed E-state index contributed by atoms with van der Waals surface area (Å²) in [5.74, 6) is 0. The normalized spacial score (nSPS) is 10.9. The predicted molar refractivity (Wildman–Crippen MR) is 64.8 cm³/mol. The molecule has 0 saturated carbocycles. The van der Waals surface area contributed by atoms with Gasteiger partial charge in [0.05, 0.1) is 16.9 Å². The molecule has 0 bridgehead atoms. The Kier molecular flexibility index (Phi) is 2.33. The molecule has 0 aliphatic carbocycles. The molecule has 4 heteroatoms. The van der Waals surface area contributed by atoms with Crippen molar-refractivity contribution < 1.29 is 0 Å². The molecule has 0 atom stereocenters. The van der Waals surface area contributed by atoms with E-state index in [0.29, 0.717) is 0 Å². The first kappa shape index (κ1) is 9.96. The fraction of sp³-hybridized carbons (Fsp3) is 0.154. The number of rotatable bonds is 2. The van der Waals surface area contributed by atoms with Crippen LogP contribution in [0.15, 0.2) is 43.2 Å². The van der Waals surface area contributed by atoms with Gasteiger partial charge in [0.15, 0.2) is 0 Å². The molecule has 0 unspecified atom stereocenters. The Hall–Kier alpha value is -2.23. The summed E-state index contributed by atoms with van der Waals surface area (Å²) in [5.41, 5.74) is 4.30. The summed E-state index contributed by atoms with van der Waals surface area (Å²) in [6.07, 6.45) is 10.0. The summed E-state index contributed by atoms with van der Waals surface area (Å²) in [7, 11) is 0. The lowest BCUT2D eigenvalue weighted by Crippen LogP contribution is -1.99. The van der Waals surface area contributed by atoms with Crippen molar-refractivity contribution in [1.82, 2.24) is 19.4 Å². The van der Waals surface area contributed by atoms with E-state index in [1.165, 1.54) is 6.33 Å².